The average Bonchev–Trinajstić information content (AvgIpc) is 3.27. The van der Waals surface area contributed by atoms with E-state index in [1.165, 1.54) is 16.9 Å². The molecule has 1 saturated heterocycles. The highest BCUT2D eigenvalue weighted by molar-refractivity contribution is 7.14. The predicted molar refractivity (Wildman–Crippen MR) is 118 cm³/mol. The van der Waals surface area contributed by atoms with Crippen LogP contribution in [0.4, 0.5) is 5.69 Å². The van der Waals surface area contributed by atoms with Crippen LogP contribution >= 0.6 is 11.3 Å². The largest absolute Gasteiger partial charge is 0.338 e. The number of nitrogens with zero attached hydrogens (tertiary/aromatic N) is 1. The minimum atomic E-state index is -0.0360. The Morgan fingerprint density at radius 1 is 1.24 bits per heavy atom. The summed E-state index contributed by atoms with van der Waals surface area (Å²) in [5.41, 5.74) is 3.50. The van der Waals surface area contributed by atoms with Crippen molar-refractivity contribution < 1.29 is 9.59 Å². The number of fused-ring (bicyclic) bond motifs is 1. The van der Waals surface area contributed by atoms with Crippen molar-refractivity contribution in [2.75, 3.05) is 11.9 Å². The number of hydrogen-bond donors (Lipinski definition) is 1. The lowest BCUT2D eigenvalue weighted by atomic mass is 9.72. The van der Waals surface area contributed by atoms with Crippen molar-refractivity contribution >= 4 is 28.8 Å². The minimum absolute atomic E-state index is 0.0360. The number of thiophene rings is 1. The van der Waals surface area contributed by atoms with Crippen molar-refractivity contribution in [3.8, 4) is 0 Å². The molecule has 2 aliphatic rings. The van der Waals surface area contributed by atoms with Crippen molar-refractivity contribution in [2.45, 2.75) is 59.4 Å². The first-order valence-corrected chi connectivity index (χ1v) is 11.4. The van der Waals surface area contributed by atoms with E-state index < -0.39 is 0 Å². The third kappa shape index (κ3) is 4.55. The van der Waals surface area contributed by atoms with Crippen LogP contribution < -0.4 is 5.32 Å². The molecule has 1 fully saturated rings. The fraction of sp³-hybridized carbons (Fsp3) is 0.500. The van der Waals surface area contributed by atoms with E-state index in [1.807, 2.05) is 29.2 Å². The van der Waals surface area contributed by atoms with Crippen molar-refractivity contribution in [3.05, 3.63) is 51.2 Å². The second kappa shape index (κ2) is 7.94. The summed E-state index contributed by atoms with van der Waals surface area (Å²) < 4.78 is 0. The molecule has 2 aromatic rings. The lowest BCUT2D eigenvalue weighted by Gasteiger charge is -2.33. The van der Waals surface area contributed by atoms with Gasteiger partial charge in [0.2, 0.25) is 5.91 Å². The molecule has 2 amide bonds. The molecule has 4 rings (SSSR count). The number of carbonyl (C=O) groups excluding carboxylic acids is 2. The number of aryl methyl sites for hydroxylation is 1. The van der Waals surface area contributed by atoms with Gasteiger partial charge in [-0.15, -0.1) is 11.3 Å². The van der Waals surface area contributed by atoms with Gasteiger partial charge in [0.15, 0.2) is 0 Å². The van der Waals surface area contributed by atoms with Crippen LogP contribution in [-0.2, 0) is 24.2 Å². The molecule has 1 atom stereocenters. The standard InChI is InChI=1S/C24H30N2O2S/c1-24(2,3)18-9-10-20-17(13-18)14-21(29-20)23(28)25-19-7-4-6-16(12-19)15-26-11-5-8-22(26)27/h4,6-7,12,14,18H,5,8-11,13,15H2,1-3H3,(H,25,28)/t18-/m1/s1. The van der Waals surface area contributed by atoms with E-state index in [9.17, 15) is 9.59 Å². The first kappa shape index (κ1) is 20.1. The molecular weight excluding hydrogens is 380 g/mol. The zero-order valence-electron chi connectivity index (χ0n) is 17.6. The summed E-state index contributed by atoms with van der Waals surface area (Å²) in [6.07, 6.45) is 4.94. The van der Waals surface area contributed by atoms with Crippen LogP contribution in [0.2, 0.25) is 0 Å². The van der Waals surface area contributed by atoms with E-state index in [4.69, 9.17) is 0 Å². The zero-order valence-corrected chi connectivity index (χ0v) is 18.4. The molecule has 4 nitrogen and oxygen atoms in total. The molecule has 0 spiro atoms. The third-order valence-electron chi connectivity index (χ3n) is 6.26. The van der Waals surface area contributed by atoms with Crippen LogP contribution in [0.25, 0.3) is 0 Å². The van der Waals surface area contributed by atoms with E-state index in [-0.39, 0.29) is 11.8 Å². The lowest BCUT2D eigenvalue weighted by Crippen LogP contribution is -2.26. The first-order chi connectivity index (χ1) is 13.8. The van der Waals surface area contributed by atoms with E-state index in [0.717, 1.165) is 41.9 Å². The smallest absolute Gasteiger partial charge is 0.265 e. The fourth-order valence-corrected chi connectivity index (χ4v) is 5.51. The van der Waals surface area contributed by atoms with Crippen molar-refractivity contribution in [2.24, 2.45) is 11.3 Å². The molecular formula is C24H30N2O2S. The molecule has 1 N–H and O–H groups in total. The Balaban J connectivity index is 1.43. The number of rotatable bonds is 4. The highest BCUT2D eigenvalue weighted by Crippen LogP contribution is 2.40. The predicted octanol–water partition coefficient (Wildman–Crippen LogP) is 5.27. The van der Waals surface area contributed by atoms with E-state index in [2.05, 4.69) is 32.2 Å². The molecule has 0 unspecified atom stereocenters. The zero-order chi connectivity index (χ0) is 20.6. The van der Waals surface area contributed by atoms with Crippen LogP contribution in [0.5, 0.6) is 0 Å². The van der Waals surface area contributed by atoms with Gasteiger partial charge in [0.05, 0.1) is 4.88 Å². The average molecular weight is 411 g/mol. The van der Waals surface area contributed by atoms with Crippen LogP contribution in [0.3, 0.4) is 0 Å². The van der Waals surface area contributed by atoms with Gasteiger partial charge in [0, 0.05) is 30.1 Å². The summed E-state index contributed by atoms with van der Waals surface area (Å²) in [6.45, 7) is 8.37. The molecule has 29 heavy (non-hydrogen) atoms. The normalized spacial score (nSPS) is 19.3. The highest BCUT2D eigenvalue weighted by atomic mass is 32.1. The van der Waals surface area contributed by atoms with Gasteiger partial charge in [-0.2, -0.15) is 0 Å². The van der Waals surface area contributed by atoms with Gasteiger partial charge in [-0.1, -0.05) is 32.9 Å². The number of amides is 2. The van der Waals surface area contributed by atoms with Crippen molar-refractivity contribution in [1.82, 2.24) is 4.90 Å². The molecule has 0 saturated carbocycles. The monoisotopic (exact) mass is 410 g/mol. The van der Waals surface area contributed by atoms with Crippen molar-refractivity contribution in [3.63, 3.8) is 0 Å². The summed E-state index contributed by atoms with van der Waals surface area (Å²) in [7, 11) is 0. The summed E-state index contributed by atoms with van der Waals surface area (Å²) in [6, 6.07) is 9.94. The Bertz CT molecular complexity index is 925. The number of nitrogens with one attached hydrogen (secondary N) is 1. The van der Waals surface area contributed by atoms with Crippen molar-refractivity contribution in [1.29, 1.82) is 0 Å². The van der Waals surface area contributed by atoms with Crippen LogP contribution in [0, 0.1) is 11.3 Å². The van der Waals surface area contributed by atoms with E-state index >= 15 is 0 Å². The summed E-state index contributed by atoms with van der Waals surface area (Å²) in [5.74, 6) is 0.855. The van der Waals surface area contributed by atoms with Gasteiger partial charge >= 0.3 is 0 Å². The maximum Gasteiger partial charge on any atom is 0.265 e. The van der Waals surface area contributed by atoms with Gasteiger partial charge in [-0.3, -0.25) is 9.59 Å². The number of benzene rings is 1. The number of carbonyl (C=O) groups is 2. The maximum absolute atomic E-state index is 12.9. The molecule has 0 bridgehead atoms. The summed E-state index contributed by atoms with van der Waals surface area (Å²) in [4.78, 5) is 28.8. The highest BCUT2D eigenvalue weighted by Gasteiger charge is 2.30. The molecule has 2 heterocycles. The van der Waals surface area contributed by atoms with Gasteiger partial charge < -0.3 is 10.2 Å². The van der Waals surface area contributed by atoms with Crippen LogP contribution in [0.15, 0.2) is 30.3 Å². The second-order valence-corrected chi connectivity index (χ2v) is 10.6. The molecule has 1 aliphatic heterocycles. The quantitative estimate of drug-likeness (QED) is 0.746. The Labute approximate surface area is 177 Å². The van der Waals surface area contributed by atoms with E-state index in [0.29, 0.717) is 24.3 Å². The second-order valence-electron chi connectivity index (χ2n) is 9.44. The summed E-state index contributed by atoms with van der Waals surface area (Å²) >= 11 is 1.64. The van der Waals surface area contributed by atoms with Crippen LogP contribution in [-0.4, -0.2) is 23.3 Å². The Hall–Kier alpha value is -2.14. The Morgan fingerprint density at radius 2 is 2.07 bits per heavy atom. The maximum atomic E-state index is 12.9. The molecule has 1 aromatic carbocycles. The summed E-state index contributed by atoms with van der Waals surface area (Å²) in [5, 5.41) is 3.05. The lowest BCUT2D eigenvalue weighted by molar-refractivity contribution is -0.128. The minimum Gasteiger partial charge on any atom is -0.338 e. The molecule has 0 radical (unpaired) electrons. The topological polar surface area (TPSA) is 49.4 Å². The number of hydrogen-bond acceptors (Lipinski definition) is 3. The van der Waals surface area contributed by atoms with Gasteiger partial charge in [-0.25, -0.2) is 0 Å². The van der Waals surface area contributed by atoms with Gasteiger partial charge in [0.1, 0.15) is 0 Å². The Kier molecular flexibility index (Phi) is 5.52. The molecule has 1 aromatic heterocycles. The number of anilines is 1. The molecule has 5 heteroatoms. The van der Waals surface area contributed by atoms with Gasteiger partial charge in [-0.05, 0) is 66.3 Å². The number of likely N-dealkylation sites (tertiary alicyclic amines) is 1. The molecule has 154 valence electrons. The van der Waals surface area contributed by atoms with E-state index in [1.54, 1.807) is 11.3 Å². The SMILES string of the molecule is CC(C)(C)[C@@H]1CCc2sc(C(=O)Nc3cccc(CN4CCCC4=O)c3)cc2C1. The first-order valence-electron chi connectivity index (χ1n) is 10.6. The fourth-order valence-electron chi connectivity index (χ4n) is 4.41. The third-order valence-corrected chi connectivity index (χ3v) is 7.50. The Morgan fingerprint density at radius 3 is 2.79 bits per heavy atom. The van der Waals surface area contributed by atoms with Gasteiger partial charge in [0.25, 0.3) is 5.91 Å². The van der Waals surface area contributed by atoms with Crippen LogP contribution in [0.1, 0.15) is 65.7 Å². The molecule has 1 aliphatic carbocycles.